The van der Waals surface area contributed by atoms with Crippen LogP contribution in [-0.4, -0.2) is 37.0 Å². The second-order valence-corrected chi connectivity index (χ2v) is 8.43. The van der Waals surface area contributed by atoms with Crippen LogP contribution in [0, 0.1) is 11.3 Å². The minimum atomic E-state index is -0.335. The molecule has 0 N–H and O–H groups in total. The maximum absolute atomic E-state index is 6.19. The molecule has 2 aliphatic rings. The SMILES string of the molecule is CC(C)(C)C1COC2(CCN(Cc3ccc(Cl)cc3)CC2)OC1. The number of rotatable bonds is 2. The van der Waals surface area contributed by atoms with E-state index >= 15 is 0 Å². The van der Waals surface area contributed by atoms with Crippen LogP contribution in [0.2, 0.25) is 5.02 Å². The van der Waals surface area contributed by atoms with Crippen LogP contribution in [0.3, 0.4) is 0 Å². The highest BCUT2D eigenvalue weighted by atomic mass is 35.5. The van der Waals surface area contributed by atoms with Crippen molar-refractivity contribution in [3.05, 3.63) is 34.9 Å². The fourth-order valence-corrected chi connectivity index (χ4v) is 3.41. The summed E-state index contributed by atoms with van der Waals surface area (Å²) in [6.07, 6.45) is 1.91. The number of nitrogens with zero attached hydrogens (tertiary/aromatic N) is 1. The van der Waals surface area contributed by atoms with Gasteiger partial charge in [0.15, 0.2) is 5.79 Å². The van der Waals surface area contributed by atoms with Gasteiger partial charge in [-0.05, 0) is 23.1 Å². The summed E-state index contributed by atoms with van der Waals surface area (Å²) in [6.45, 7) is 11.4. The van der Waals surface area contributed by atoms with E-state index in [4.69, 9.17) is 21.1 Å². The molecule has 0 atom stereocenters. The van der Waals surface area contributed by atoms with Crippen LogP contribution in [-0.2, 0) is 16.0 Å². The molecule has 1 aromatic carbocycles. The minimum absolute atomic E-state index is 0.247. The zero-order chi connectivity index (χ0) is 16.5. The van der Waals surface area contributed by atoms with E-state index in [-0.39, 0.29) is 11.2 Å². The predicted molar refractivity (Wildman–Crippen MR) is 93.5 cm³/mol. The Morgan fingerprint density at radius 2 is 1.65 bits per heavy atom. The van der Waals surface area contributed by atoms with E-state index in [1.54, 1.807) is 0 Å². The number of hydrogen-bond donors (Lipinski definition) is 0. The Hall–Kier alpha value is -0.610. The Morgan fingerprint density at radius 3 is 2.17 bits per heavy atom. The molecule has 0 aliphatic carbocycles. The standard InChI is InChI=1S/C19H28ClNO2/c1-18(2,3)16-13-22-19(23-14-16)8-10-21(11-9-19)12-15-4-6-17(20)7-5-15/h4-7,16H,8-14H2,1-3H3. The minimum Gasteiger partial charge on any atom is -0.349 e. The monoisotopic (exact) mass is 337 g/mol. The van der Waals surface area contributed by atoms with E-state index in [1.807, 2.05) is 12.1 Å². The Labute approximate surface area is 144 Å². The van der Waals surface area contributed by atoms with Gasteiger partial charge in [-0.2, -0.15) is 0 Å². The summed E-state index contributed by atoms with van der Waals surface area (Å²) in [6, 6.07) is 8.13. The van der Waals surface area contributed by atoms with Gasteiger partial charge in [-0.25, -0.2) is 0 Å². The van der Waals surface area contributed by atoms with Crippen LogP contribution in [0.4, 0.5) is 0 Å². The number of hydrogen-bond acceptors (Lipinski definition) is 3. The van der Waals surface area contributed by atoms with Crippen molar-refractivity contribution in [2.75, 3.05) is 26.3 Å². The average Bonchev–Trinajstić information content (AvgIpc) is 2.52. The Kier molecular flexibility index (Phi) is 5.03. The lowest BCUT2D eigenvalue weighted by Crippen LogP contribution is -2.53. The number of likely N-dealkylation sites (tertiary alicyclic amines) is 1. The highest BCUT2D eigenvalue weighted by molar-refractivity contribution is 6.30. The molecule has 3 nitrogen and oxygen atoms in total. The molecular formula is C19H28ClNO2. The molecule has 0 saturated carbocycles. The van der Waals surface area contributed by atoms with Crippen molar-refractivity contribution < 1.29 is 9.47 Å². The summed E-state index contributed by atoms with van der Waals surface area (Å²) in [7, 11) is 0. The predicted octanol–water partition coefficient (Wildman–Crippen LogP) is 4.34. The van der Waals surface area contributed by atoms with Gasteiger partial charge in [-0.1, -0.05) is 44.5 Å². The maximum Gasteiger partial charge on any atom is 0.170 e. The Bertz CT molecular complexity index is 505. The summed E-state index contributed by atoms with van der Waals surface area (Å²) in [5, 5.41) is 0.795. The van der Waals surface area contributed by atoms with E-state index in [1.165, 1.54) is 5.56 Å². The first-order valence-corrected chi connectivity index (χ1v) is 8.99. The van der Waals surface area contributed by atoms with Crippen LogP contribution >= 0.6 is 11.6 Å². The second-order valence-electron chi connectivity index (χ2n) is 8.00. The molecule has 2 aliphatic heterocycles. The molecule has 0 unspecified atom stereocenters. The Morgan fingerprint density at radius 1 is 1.09 bits per heavy atom. The summed E-state index contributed by atoms with van der Waals surface area (Å²) in [5.74, 6) is 0.151. The fourth-order valence-electron chi connectivity index (χ4n) is 3.28. The van der Waals surface area contributed by atoms with Gasteiger partial charge in [0.2, 0.25) is 0 Å². The van der Waals surface area contributed by atoms with Crippen molar-refractivity contribution in [3.63, 3.8) is 0 Å². The first kappa shape index (κ1) is 17.2. The molecule has 1 aromatic rings. The van der Waals surface area contributed by atoms with E-state index in [0.29, 0.717) is 5.92 Å². The molecule has 128 valence electrons. The molecule has 23 heavy (non-hydrogen) atoms. The number of piperidine rings is 1. The van der Waals surface area contributed by atoms with Crippen LogP contribution in [0.5, 0.6) is 0 Å². The van der Waals surface area contributed by atoms with Gasteiger partial charge in [-0.3, -0.25) is 4.90 Å². The second kappa shape index (κ2) is 6.72. The summed E-state index contributed by atoms with van der Waals surface area (Å²) >= 11 is 5.95. The molecule has 0 bridgehead atoms. The van der Waals surface area contributed by atoms with E-state index in [9.17, 15) is 0 Å². The average molecular weight is 338 g/mol. The molecule has 2 saturated heterocycles. The molecule has 1 spiro atoms. The van der Waals surface area contributed by atoms with Crippen molar-refractivity contribution >= 4 is 11.6 Å². The first-order chi connectivity index (χ1) is 10.9. The van der Waals surface area contributed by atoms with E-state index < -0.39 is 0 Å². The quantitative estimate of drug-likeness (QED) is 0.801. The molecule has 0 aromatic heterocycles. The van der Waals surface area contributed by atoms with Crippen LogP contribution in [0.25, 0.3) is 0 Å². The normalized spacial score (nSPS) is 23.3. The third kappa shape index (κ3) is 4.27. The topological polar surface area (TPSA) is 21.7 Å². The van der Waals surface area contributed by atoms with Crippen molar-refractivity contribution in [2.45, 2.75) is 45.9 Å². The third-order valence-electron chi connectivity index (χ3n) is 5.26. The van der Waals surface area contributed by atoms with Gasteiger partial charge in [0, 0.05) is 43.4 Å². The molecule has 2 fully saturated rings. The number of benzene rings is 1. The highest BCUT2D eigenvalue weighted by Gasteiger charge is 2.42. The lowest BCUT2D eigenvalue weighted by atomic mass is 9.81. The number of ether oxygens (including phenoxy) is 2. The van der Waals surface area contributed by atoms with Crippen LogP contribution in [0.1, 0.15) is 39.2 Å². The molecule has 3 rings (SSSR count). The summed E-state index contributed by atoms with van der Waals surface area (Å²) in [4.78, 5) is 2.47. The molecular weight excluding hydrogens is 310 g/mol. The van der Waals surface area contributed by atoms with Crippen LogP contribution < -0.4 is 0 Å². The highest BCUT2D eigenvalue weighted by Crippen LogP contribution is 2.37. The number of halogens is 1. The van der Waals surface area contributed by atoms with E-state index in [0.717, 1.165) is 50.7 Å². The zero-order valence-corrected chi connectivity index (χ0v) is 15.2. The summed E-state index contributed by atoms with van der Waals surface area (Å²) in [5.41, 5.74) is 1.56. The summed E-state index contributed by atoms with van der Waals surface area (Å²) < 4.78 is 12.4. The fraction of sp³-hybridized carbons (Fsp3) is 0.684. The first-order valence-electron chi connectivity index (χ1n) is 8.61. The molecule has 4 heteroatoms. The van der Waals surface area contributed by atoms with Gasteiger partial charge in [-0.15, -0.1) is 0 Å². The van der Waals surface area contributed by atoms with Gasteiger partial charge in [0.1, 0.15) is 0 Å². The maximum atomic E-state index is 6.19. The third-order valence-corrected chi connectivity index (χ3v) is 5.51. The lowest BCUT2D eigenvalue weighted by molar-refractivity contribution is -0.307. The molecule has 0 radical (unpaired) electrons. The van der Waals surface area contributed by atoms with Gasteiger partial charge >= 0.3 is 0 Å². The van der Waals surface area contributed by atoms with Crippen molar-refractivity contribution in [2.24, 2.45) is 11.3 Å². The van der Waals surface area contributed by atoms with Gasteiger partial charge in [0.25, 0.3) is 0 Å². The van der Waals surface area contributed by atoms with Crippen molar-refractivity contribution in [1.82, 2.24) is 4.90 Å². The lowest BCUT2D eigenvalue weighted by Gasteiger charge is -2.47. The Balaban J connectivity index is 1.50. The van der Waals surface area contributed by atoms with Crippen molar-refractivity contribution in [1.29, 1.82) is 0 Å². The van der Waals surface area contributed by atoms with Crippen molar-refractivity contribution in [3.8, 4) is 0 Å². The smallest absolute Gasteiger partial charge is 0.170 e. The molecule has 0 amide bonds. The van der Waals surface area contributed by atoms with Gasteiger partial charge in [0.05, 0.1) is 13.2 Å². The zero-order valence-electron chi connectivity index (χ0n) is 14.5. The van der Waals surface area contributed by atoms with Gasteiger partial charge < -0.3 is 9.47 Å². The molecule has 2 heterocycles. The van der Waals surface area contributed by atoms with E-state index in [2.05, 4.69) is 37.8 Å². The van der Waals surface area contributed by atoms with Crippen LogP contribution in [0.15, 0.2) is 24.3 Å². The largest absolute Gasteiger partial charge is 0.349 e.